The molecular formula is C11H11NO. The fourth-order valence-corrected chi connectivity index (χ4v) is 1.24. The van der Waals surface area contributed by atoms with E-state index in [-0.39, 0.29) is 0 Å². The molecule has 0 bridgehead atoms. The zero-order chi connectivity index (χ0) is 9.10. The van der Waals surface area contributed by atoms with Crippen molar-refractivity contribution in [2.75, 3.05) is 0 Å². The van der Waals surface area contributed by atoms with Crippen LogP contribution in [-0.2, 0) is 0 Å². The fourth-order valence-electron chi connectivity index (χ4n) is 1.24. The first-order chi connectivity index (χ1) is 6.36. The molecule has 0 fully saturated rings. The van der Waals surface area contributed by atoms with Gasteiger partial charge in [-0.15, -0.1) is 0 Å². The maximum atomic E-state index is 5.41. The Kier molecular flexibility index (Phi) is 2.13. The van der Waals surface area contributed by atoms with Gasteiger partial charge in [-0.3, -0.25) is 0 Å². The van der Waals surface area contributed by atoms with Crippen LogP contribution in [0.5, 0.6) is 0 Å². The number of allylic oxidation sites excluding steroid dienone is 6. The van der Waals surface area contributed by atoms with Crippen molar-refractivity contribution in [1.29, 1.82) is 0 Å². The molecule has 0 aromatic carbocycles. The molecule has 0 spiro atoms. The van der Waals surface area contributed by atoms with Gasteiger partial charge in [-0.1, -0.05) is 30.4 Å². The zero-order valence-corrected chi connectivity index (χ0v) is 7.53. The van der Waals surface area contributed by atoms with Gasteiger partial charge in [0, 0.05) is 12.5 Å². The van der Waals surface area contributed by atoms with Crippen molar-refractivity contribution in [3.05, 3.63) is 48.2 Å². The summed E-state index contributed by atoms with van der Waals surface area (Å²) in [6.07, 6.45) is 13.1. The van der Waals surface area contributed by atoms with Gasteiger partial charge in [-0.05, 0) is 6.42 Å². The highest BCUT2D eigenvalue weighted by atomic mass is 16.4. The minimum absolute atomic E-state index is 0.706. The summed E-state index contributed by atoms with van der Waals surface area (Å²) < 4.78 is 5.41. The first-order valence-electron chi connectivity index (χ1n) is 4.32. The molecule has 1 heterocycles. The second-order valence-electron chi connectivity index (χ2n) is 2.93. The van der Waals surface area contributed by atoms with E-state index in [9.17, 15) is 0 Å². The van der Waals surface area contributed by atoms with E-state index in [1.807, 2.05) is 19.1 Å². The van der Waals surface area contributed by atoms with E-state index in [1.54, 1.807) is 6.20 Å². The Morgan fingerprint density at radius 2 is 2.31 bits per heavy atom. The van der Waals surface area contributed by atoms with E-state index in [1.165, 1.54) is 0 Å². The van der Waals surface area contributed by atoms with Crippen LogP contribution < -0.4 is 0 Å². The van der Waals surface area contributed by atoms with E-state index in [0.29, 0.717) is 5.89 Å². The standard InChI is InChI=1S/C11H11NO/c1-9-12-8-11(13-9)10-6-4-2-3-5-7-10/h2,4-8H,3H2,1H3. The maximum Gasteiger partial charge on any atom is 0.191 e. The van der Waals surface area contributed by atoms with Crippen molar-refractivity contribution >= 4 is 5.57 Å². The second-order valence-corrected chi connectivity index (χ2v) is 2.93. The number of aryl methyl sites for hydroxylation is 1. The SMILES string of the molecule is Cc1ncc(C2=CC=CCC=C2)o1. The van der Waals surface area contributed by atoms with Gasteiger partial charge in [0.1, 0.15) is 0 Å². The van der Waals surface area contributed by atoms with Gasteiger partial charge < -0.3 is 4.42 Å². The van der Waals surface area contributed by atoms with Crippen LogP contribution in [0.4, 0.5) is 0 Å². The van der Waals surface area contributed by atoms with E-state index in [2.05, 4.69) is 23.2 Å². The van der Waals surface area contributed by atoms with Crippen molar-refractivity contribution in [3.63, 3.8) is 0 Å². The molecule has 0 saturated carbocycles. The third-order valence-corrected chi connectivity index (χ3v) is 1.89. The average molecular weight is 173 g/mol. The molecule has 0 N–H and O–H groups in total. The average Bonchev–Trinajstić information content (AvgIpc) is 2.43. The molecule has 0 atom stereocenters. The molecule has 1 aromatic rings. The summed E-state index contributed by atoms with van der Waals surface area (Å²) in [5.41, 5.74) is 1.08. The van der Waals surface area contributed by atoms with Crippen LogP contribution in [0.15, 0.2) is 41.0 Å². The zero-order valence-electron chi connectivity index (χ0n) is 7.53. The van der Waals surface area contributed by atoms with Crippen LogP contribution in [0.25, 0.3) is 5.57 Å². The number of oxazole rings is 1. The van der Waals surface area contributed by atoms with Crippen LogP contribution in [-0.4, -0.2) is 4.98 Å². The molecule has 2 nitrogen and oxygen atoms in total. The first-order valence-corrected chi connectivity index (χ1v) is 4.32. The largest absolute Gasteiger partial charge is 0.441 e. The Morgan fingerprint density at radius 1 is 1.38 bits per heavy atom. The summed E-state index contributed by atoms with van der Waals surface area (Å²) in [5.74, 6) is 1.54. The van der Waals surface area contributed by atoms with Crippen molar-refractivity contribution in [1.82, 2.24) is 4.98 Å². The van der Waals surface area contributed by atoms with Gasteiger partial charge in [0.25, 0.3) is 0 Å². The van der Waals surface area contributed by atoms with Crippen LogP contribution in [0, 0.1) is 6.92 Å². The third-order valence-electron chi connectivity index (χ3n) is 1.89. The number of aromatic nitrogens is 1. The number of hydrogen-bond donors (Lipinski definition) is 0. The molecule has 0 aliphatic heterocycles. The van der Waals surface area contributed by atoms with Crippen LogP contribution in [0.2, 0.25) is 0 Å². The molecule has 1 aromatic heterocycles. The summed E-state index contributed by atoms with van der Waals surface area (Å²) in [4.78, 5) is 4.06. The minimum atomic E-state index is 0.706. The lowest BCUT2D eigenvalue weighted by molar-refractivity contribution is 0.510. The van der Waals surface area contributed by atoms with E-state index >= 15 is 0 Å². The molecule has 0 saturated heterocycles. The Morgan fingerprint density at radius 3 is 3.08 bits per heavy atom. The lowest BCUT2D eigenvalue weighted by Gasteiger charge is -1.92. The Hall–Kier alpha value is -1.57. The lowest BCUT2D eigenvalue weighted by atomic mass is 10.2. The van der Waals surface area contributed by atoms with Gasteiger partial charge in [0.05, 0.1) is 6.20 Å². The number of rotatable bonds is 1. The highest BCUT2D eigenvalue weighted by Crippen LogP contribution is 2.18. The van der Waals surface area contributed by atoms with Gasteiger partial charge in [-0.25, -0.2) is 4.98 Å². The molecular weight excluding hydrogens is 162 g/mol. The van der Waals surface area contributed by atoms with E-state index < -0.39 is 0 Å². The highest BCUT2D eigenvalue weighted by molar-refractivity contribution is 5.72. The maximum absolute atomic E-state index is 5.41. The third kappa shape index (κ3) is 1.78. The topological polar surface area (TPSA) is 26.0 Å². The molecule has 0 unspecified atom stereocenters. The van der Waals surface area contributed by atoms with Crippen molar-refractivity contribution in [2.24, 2.45) is 0 Å². The summed E-state index contributed by atoms with van der Waals surface area (Å²) in [6, 6.07) is 0. The minimum Gasteiger partial charge on any atom is -0.441 e. The Balaban J connectivity index is 2.35. The summed E-state index contributed by atoms with van der Waals surface area (Å²) in [5, 5.41) is 0. The normalized spacial score (nSPS) is 15.6. The number of hydrogen-bond acceptors (Lipinski definition) is 2. The molecule has 0 radical (unpaired) electrons. The summed E-state index contributed by atoms with van der Waals surface area (Å²) in [7, 11) is 0. The van der Waals surface area contributed by atoms with E-state index in [4.69, 9.17) is 4.42 Å². The second kappa shape index (κ2) is 3.44. The molecule has 13 heavy (non-hydrogen) atoms. The Bertz CT molecular complexity index is 383. The fraction of sp³-hybridized carbons (Fsp3) is 0.182. The molecule has 66 valence electrons. The quantitative estimate of drug-likeness (QED) is 0.652. The van der Waals surface area contributed by atoms with E-state index in [0.717, 1.165) is 17.8 Å². The summed E-state index contributed by atoms with van der Waals surface area (Å²) >= 11 is 0. The molecule has 2 heteroatoms. The van der Waals surface area contributed by atoms with Gasteiger partial charge in [0.2, 0.25) is 0 Å². The Labute approximate surface area is 77.3 Å². The highest BCUT2D eigenvalue weighted by Gasteiger charge is 2.03. The van der Waals surface area contributed by atoms with Crippen LogP contribution in [0.3, 0.4) is 0 Å². The van der Waals surface area contributed by atoms with Crippen LogP contribution in [0.1, 0.15) is 18.1 Å². The molecule has 1 aliphatic rings. The first kappa shape index (κ1) is 8.05. The van der Waals surface area contributed by atoms with Gasteiger partial charge >= 0.3 is 0 Å². The van der Waals surface area contributed by atoms with Gasteiger partial charge in [0.15, 0.2) is 11.7 Å². The van der Waals surface area contributed by atoms with Crippen molar-refractivity contribution in [2.45, 2.75) is 13.3 Å². The lowest BCUT2D eigenvalue weighted by Crippen LogP contribution is -1.73. The monoisotopic (exact) mass is 173 g/mol. The molecule has 0 amide bonds. The molecule has 1 aliphatic carbocycles. The van der Waals surface area contributed by atoms with Crippen LogP contribution >= 0.6 is 0 Å². The number of nitrogens with zero attached hydrogens (tertiary/aromatic N) is 1. The van der Waals surface area contributed by atoms with Crippen molar-refractivity contribution in [3.8, 4) is 0 Å². The summed E-state index contributed by atoms with van der Waals surface area (Å²) in [6.45, 7) is 1.85. The van der Waals surface area contributed by atoms with Gasteiger partial charge in [-0.2, -0.15) is 0 Å². The predicted molar refractivity (Wildman–Crippen MR) is 52.1 cm³/mol. The predicted octanol–water partition coefficient (Wildman–Crippen LogP) is 2.88. The van der Waals surface area contributed by atoms with Crippen molar-refractivity contribution < 1.29 is 4.42 Å². The molecule has 2 rings (SSSR count). The smallest absolute Gasteiger partial charge is 0.191 e.